The highest BCUT2D eigenvalue weighted by atomic mass is 16.5. The summed E-state index contributed by atoms with van der Waals surface area (Å²) >= 11 is 0. The Bertz CT molecular complexity index is 630. The molecule has 0 atom stereocenters. The molecule has 0 bridgehead atoms. The molecule has 20 heavy (non-hydrogen) atoms. The van der Waals surface area contributed by atoms with E-state index in [9.17, 15) is 0 Å². The van der Waals surface area contributed by atoms with Crippen LogP contribution in [0.3, 0.4) is 0 Å². The fourth-order valence-electron chi connectivity index (χ4n) is 2.60. The highest BCUT2D eigenvalue weighted by Gasteiger charge is 2.41. The van der Waals surface area contributed by atoms with Gasteiger partial charge in [0.15, 0.2) is 5.82 Å². The number of hydrogen-bond acceptors (Lipinski definition) is 5. The first kappa shape index (κ1) is 12.9. The molecule has 0 aliphatic heterocycles. The van der Waals surface area contributed by atoms with Crippen LogP contribution < -0.4 is 10.5 Å². The molecule has 106 valence electrons. The zero-order valence-electron chi connectivity index (χ0n) is 12.0. The summed E-state index contributed by atoms with van der Waals surface area (Å²) in [6.45, 7) is 4.35. The summed E-state index contributed by atoms with van der Waals surface area (Å²) in [5, 5.41) is 12.2. The molecule has 1 aromatic carbocycles. The molecule has 3 rings (SSSR count). The van der Waals surface area contributed by atoms with E-state index in [1.165, 1.54) is 12.8 Å². The average molecular weight is 273 g/mol. The molecule has 0 spiro atoms. The van der Waals surface area contributed by atoms with Crippen LogP contribution >= 0.6 is 0 Å². The number of ether oxygens (including phenoxy) is 1. The van der Waals surface area contributed by atoms with E-state index in [4.69, 9.17) is 10.5 Å². The largest absolute Gasteiger partial charge is 0.496 e. The van der Waals surface area contributed by atoms with E-state index in [0.29, 0.717) is 17.4 Å². The van der Waals surface area contributed by atoms with Gasteiger partial charge in [-0.05, 0) is 55.2 Å². The number of benzene rings is 1. The van der Waals surface area contributed by atoms with Gasteiger partial charge in [-0.25, -0.2) is 4.68 Å². The minimum absolute atomic E-state index is 0.0920. The molecule has 1 aliphatic rings. The number of methoxy groups -OCH3 is 1. The molecule has 6 heteroatoms. The van der Waals surface area contributed by atoms with Crippen molar-refractivity contribution >= 4 is 5.69 Å². The molecular weight excluding hydrogens is 254 g/mol. The van der Waals surface area contributed by atoms with Crippen molar-refractivity contribution in [1.29, 1.82) is 0 Å². The highest BCUT2D eigenvalue weighted by Crippen LogP contribution is 2.45. The van der Waals surface area contributed by atoms with Crippen LogP contribution in [0.2, 0.25) is 0 Å². The number of nitrogen functional groups attached to an aromatic ring is 1. The molecule has 6 nitrogen and oxygen atoms in total. The van der Waals surface area contributed by atoms with E-state index >= 15 is 0 Å². The number of aromatic nitrogens is 4. The molecule has 2 aromatic rings. The van der Waals surface area contributed by atoms with Crippen LogP contribution in [0.1, 0.15) is 26.7 Å². The van der Waals surface area contributed by atoms with Crippen molar-refractivity contribution in [2.24, 2.45) is 5.92 Å². The van der Waals surface area contributed by atoms with Crippen molar-refractivity contribution in [2.45, 2.75) is 32.2 Å². The van der Waals surface area contributed by atoms with Gasteiger partial charge < -0.3 is 10.5 Å². The highest BCUT2D eigenvalue weighted by molar-refractivity contribution is 5.68. The number of nitrogens with zero attached hydrogens (tertiary/aromatic N) is 4. The molecule has 1 aliphatic carbocycles. The van der Waals surface area contributed by atoms with Gasteiger partial charge >= 0.3 is 0 Å². The summed E-state index contributed by atoms with van der Waals surface area (Å²) in [5.41, 5.74) is 7.23. The van der Waals surface area contributed by atoms with Crippen LogP contribution in [-0.4, -0.2) is 27.3 Å². The van der Waals surface area contributed by atoms with Crippen molar-refractivity contribution in [3.05, 3.63) is 18.2 Å². The number of anilines is 1. The SMILES string of the molecule is COc1cc(N)ccc1-c1nnnn1C(C)(C)C1CC1. The molecule has 1 fully saturated rings. The summed E-state index contributed by atoms with van der Waals surface area (Å²) < 4.78 is 7.31. The zero-order chi connectivity index (χ0) is 14.3. The van der Waals surface area contributed by atoms with Crippen LogP contribution in [0.25, 0.3) is 11.4 Å². The van der Waals surface area contributed by atoms with Gasteiger partial charge in [-0.2, -0.15) is 0 Å². The third kappa shape index (κ3) is 2.01. The minimum Gasteiger partial charge on any atom is -0.496 e. The lowest BCUT2D eigenvalue weighted by atomic mass is 9.98. The molecule has 0 radical (unpaired) electrons. The fourth-order valence-corrected chi connectivity index (χ4v) is 2.60. The van der Waals surface area contributed by atoms with Crippen LogP contribution in [0.15, 0.2) is 18.2 Å². The molecular formula is C14H19N5O. The van der Waals surface area contributed by atoms with Gasteiger partial charge in [0, 0.05) is 11.8 Å². The van der Waals surface area contributed by atoms with E-state index in [1.807, 2.05) is 16.8 Å². The van der Waals surface area contributed by atoms with Gasteiger partial charge in [0.1, 0.15) is 5.75 Å². The standard InChI is InChI=1S/C14H19N5O/c1-14(2,9-4-5-9)19-13(16-17-18-19)11-7-6-10(15)8-12(11)20-3/h6-9H,4-5,15H2,1-3H3. The van der Waals surface area contributed by atoms with E-state index in [-0.39, 0.29) is 5.54 Å². The Morgan fingerprint density at radius 1 is 1.35 bits per heavy atom. The molecule has 1 saturated carbocycles. The van der Waals surface area contributed by atoms with Crippen molar-refractivity contribution in [2.75, 3.05) is 12.8 Å². The van der Waals surface area contributed by atoms with Crippen molar-refractivity contribution in [3.63, 3.8) is 0 Å². The van der Waals surface area contributed by atoms with Crippen molar-refractivity contribution < 1.29 is 4.74 Å². The zero-order valence-corrected chi connectivity index (χ0v) is 12.0. The van der Waals surface area contributed by atoms with Crippen LogP contribution in [0.4, 0.5) is 5.69 Å². The topological polar surface area (TPSA) is 78.8 Å². The number of nitrogens with two attached hydrogens (primary N) is 1. The normalized spacial score (nSPS) is 15.3. The van der Waals surface area contributed by atoms with E-state index in [2.05, 4.69) is 29.4 Å². The Morgan fingerprint density at radius 3 is 2.75 bits per heavy atom. The maximum atomic E-state index is 5.80. The maximum absolute atomic E-state index is 5.80. The monoisotopic (exact) mass is 273 g/mol. The van der Waals surface area contributed by atoms with Crippen molar-refractivity contribution in [1.82, 2.24) is 20.2 Å². The van der Waals surface area contributed by atoms with E-state index in [0.717, 1.165) is 11.4 Å². The second-order valence-corrected chi connectivity index (χ2v) is 5.80. The van der Waals surface area contributed by atoms with Crippen molar-refractivity contribution in [3.8, 4) is 17.1 Å². The van der Waals surface area contributed by atoms with Crippen LogP contribution in [-0.2, 0) is 5.54 Å². The number of rotatable bonds is 4. The lowest BCUT2D eigenvalue weighted by molar-refractivity contribution is 0.271. The molecule has 0 unspecified atom stereocenters. The smallest absolute Gasteiger partial charge is 0.186 e. The molecule has 1 aromatic heterocycles. The first-order chi connectivity index (χ1) is 9.54. The minimum atomic E-state index is -0.0920. The second kappa shape index (κ2) is 4.47. The Kier molecular flexibility index (Phi) is 2.88. The summed E-state index contributed by atoms with van der Waals surface area (Å²) in [7, 11) is 1.62. The molecule has 2 N–H and O–H groups in total. The van der Waals surface area contributed by atoms with Gasteiger partial charge in [-0.1, -0.05) is 0 Å². The second-order valence-electron chi connectivity index (χ2n) is 5.80. The van der Waals surface area contributed by atoms with Gasteiger partial charge in [-0.15, -0.1) is 5.10 Å². The Balaban J connectivity index is 2.10. The molecule has 0 saturated heterocycles. The summed E-state index contributed by atoms with van der Waals surface area (Å²) in [6, 6.07) is 5.53. The average Bonchev–Trinajstić information content (AvgIpc) is 3.17. The van der Waals surface area contributed by atoms with Crippen LogP contribution in [0.5, 0.6) is 5.75 Å². The predicted octanol–water partition coefficient (Wildman–Crippen LogP) is 2.08. The lowest BCUT2D eigenvalue weighted by Gasteiger charge is -2.25. The lowest BCUT2D eigenvalue weighted by Crippen LogP contribution is -2.30. The fraction of sp³-hybridized carbons (Fsp3) is 0.500. The molecule has 1 heterocycles. The number of tetrazole rings is 1. The Labute approximate surface area is 117 Å². The Morgan fingerprint density at radius 2 is 2.10 bits per heavy atom. The quantitative estimate of drug-likeness (QED) is 0.863. The first-order valence-corrected chi connectivity index (χ1v) is 6.77. The van der Waals surface area contributed by atoms with Crippen LogP contribution in [0, 0.1) is 5.92 Å². The van der Waals surface area contributed by atoms with E-state index < -0.39 is 0 Å². The molecule has 0 amide bonds. The van der Waals surface area contributed by atoms with Gasteiger partial charge in [0.2, 0.25) is 0 Å². The Hall–Kier alpha value is -2.11. The third-order valence-corrected chi connectivity index (χ3v) is 4.06. The van der Waals surface area contributed by atoms with Gasteiger partial charge in [-0.3, -0.25) is 0 Å². The third-order valence-electron chi connectivity index (χ3n) is 4.06. The first-order valence-electron chi connectivity index (χ1n) is 6.77. The van der Waals surface area contributed by atoms with Gasteiger partial charge in [0.05, 0.1) is 18.2 Å². The van der Waals surface area contributed by atoms with E-state index in [1.54, 1.807) is 13.2 Å². The summed E-state index contributed by atoms with van der Waals surface area (Å²) in [4.78, 5) is 0. The predicted molar refractivity (Wildman–Crippen MR) is 76.3 cm³/mol. The van der Waals surface area contributed by atoms with Gasteiger partial charge in [0.25, 0.3) is 0 Å². The maximum Gasteiger partial charge on any atom is 0.186 e. The summed E-state index contributed by atoms with van der Waals surface area (Å²) in [6.07, 6.45) is 2.45. The summed E-state index contributed by atoms with van der Waals surface area (Å²) in [5.74, 6) is 2.04. The number of hydrogen-bond donors (Lipinski definition) is 1.